The van der Waals surface area contributed by atoms with E-state index in [1.54, 1.807) is 6.33 Å². The van der Waals surface area contributed by atoms with E-state index in [0.29, 0.717) is 0 Å². The van der Waals surface area contributed by atoms with Gasteiger partial charge in [-0.05, 0) is 34.6 Å². The average Bonchev–Trinajstić information content (AvgIpc) is 3.06. The highest BCUT2D eigenvalue weighted by Crippen LogP contribution is 2.21. The molecule has 1 aromatic rings. The number of guanidine groups is 1. The van der Waals surface area contributed by atoms with Crippen molar-refractivity contribution >= 4 is 5.96 Å². The van der Waals surface area contributed by atoms with Gasteiger partial charge in [-0.25, -0.2) is 0 Å². The Labute approximate surface area is 163 Å². The molecule has 0 saturated carbocycles. The van der Waals surface area contributed by atoms with Crippen molar-refractivity contribution in [2.75, 3.05) is 32.7 Å². The molecule has 2 N–H and O–H groups in total. The summed E-state index contributed by atoms with van der Waals surface area (Å²) in [6.45, 7) is 18.0. The van der Waals surface area contributed by atoms with Gasteiger partial charge in [0.2, 0.25) is 0 Å². The molecule has 1 aromatic heterocycles. The number of rotatable bonds is 8. The summed E-state index contributed by atoms with van der Waals surface area (Å²) in [6.07, 6.45) is 3.20. The van der Waals surface area contributed by atoms with Gasteiger partial charge >= 0.3 is 0 Å². The highest BCUT2D eigenvalue weighted by molar-refractivity contribution is 5.79. The minimum absolute atomic E-state index is 0.0156. The van der Waals surface area contributed by atoms with Crippen molar-refractivity contribution in [2.45, 2.75) is 72.3 Å². The minimum atomic E-state index is -0.0156. The lowest BCUT2D eigenvalue weighted by Crippen LogP contribution is -2.56. The first kappa shape index (κ1) is 21.6. The predicted molar refractivity (Wildman–Crippen MR) is 109 cm³/mol. The average molecular weight is 380 g/mol. The van der Waals surface area contributed by atoms with Crippen LogP contribution in [0.4, 0.5) is 0 Å². The van der Waals surface area contributed by atoms with Crippen molar-refractivity contribution in [3.63, 3.8) is 0 Å². The Bertz CT molecular complexity index is 589. The third-order valence-corrected chi connectivity index (χ3v) is 4.90. The van der Waals surface area contributed by atoms with Crippen LogP contribution < -0.4 is 10.6 Å². The predicted octanol–water partition coefficient (Wildman–Crippen LogP) is 1.28. The first-order valence-electron chi connectivity index (χ1n) is 10.1. The Morgan fingerprint density at radius 2 is 1.96 bits per heavy atom. The van der Waals surface area contributed by atoms with E-state index in [1.165, 1.54) is 0 Å². The monoisotopic (exact) mass is 379 g/mol. The molecular formula is C19H37N7O. The zero-order chi connectivity index (χ0) is 19.9. The molecule has 8 nitrogen and oxygen atoms in total. The number of aryl methyl sites for hydroxylation is 1. The van der Waals surface area contributed by atoms with Crippen LogP contribution in [0.25, 0.3) is 0 Å². The van der Waals surface area contributed by atoms with E-state index in [-0.39, 0.29) is 17.7 Å². The van der Waals surface area contributed by atoms with Crippen LogP contribution in [0.2, 0.25) is 0 Å². The summed E-state index contributed by atoms with van der Waals surface area (Å²) in [7, 11) is 0. The summed E-state index contributed by atoms with van der Waals surface area (Å²) < 4.78 is 7.95. The Hall–Kier alpha value is -1.67. The van der Waals surface area contributed by atoms with Crippen molar-refractivity contribution in [1.29, 1.82) is 0 Å². The molecule has 27 heavy (non-hydrogen) atoms. The molecule has 0 bridgehead atoms. The molecule has 0 aromatic carbocycles. The number of hydrogen-bond acceptors (Lipinski definition) is 5. The molecule has 2 unspecified atom stereocenters. The van der Waals surface area contributed by atoms with Gasteiger partial charge in [-0.15, -0.1) is 10.2 Å². The minimum Gasteiger partial charge on any atom is -0.373 e. The maximum absolute atomic E-state index is 5.87. The molecule has 8 heteroatoms. The van der Waals surface area contributed by atoms with E-state index in [0.717, 1.165) is 57.5 Å². The summed E-state index contributed by atoms with van der Waals surface area (Å²) in [5.74, 6) is 1.86. The van der Waals surface area contributed by atoms with Gasteiger partial charge in [-0.1, -0.05) is 6.92 Å². The molecule has 1 fully saturated rings. The van der Waals surface area contributed by atoms with Crippen molar-refractivity contribution < 1.29 is 4.74 Å². The largest absolute Gasteiger partial charge is 0.373 e. The third-order valence-electron chi connectivity index (χ3n) is 4.90. The number of aromatic nitrogens is 3. The number of aliphatic imine (C=N–C) groups is 1. The van der Waals surface area contributed by atoms with E-state index >= 15 is 0 Å². The van der Waals surface area contributed by atoms with Gasteiger partial charge in [0.25, 0.3) is 0 Å². The van der Waals surface area contributed by atoms with Gasteiger partial charge < -0.3 is 19.9 Å². The summed E-state index contributed by atoms with van der Waals surface area (Å²) in [5, 5.41) is 14.9. The molecule has 1 aliphatic rings. The van der Waals surface area contributed by atoms with Gasteiger partial charge in [0.1, 0.15) is 12.2 Å². The Morgan fingerprint density at radius 3 is 2.59 bits per heavy atom. The summed E-state index contributed by atoms with van der Waals surface area (Å²) in [4.78, 5) is 7.33. The lowest BCUT2D eigenvalue weighted by atomic mass is 10.0. The fourth-order valence-corrected chi connectivity index (χ4v) is 3.42. The molecular weight excluding hydrogens is 342 g/mol. The van der Waals surface area contributed by atoms with Crippen molar-refractivity contribution in [3.05, 3.63) is 12.2 Å². The van der Waals surface area contributed by atoms with Crippen LogP contribution >= 0.6 is 0 Å². The number of morpholine rings is 1. The first-order valence-corrected chi connectivity index (χ1v) is 10.1. The van der Waals surface area contributed by atoms with Crippen LogP contribution in [0, 0.1) is 0 Å². The molecule has 1 aliphatic heterocycles. The second-order valence-electron chi connectivity index (χ2n) is 7.89. The Balaban J connectivity index is 1.91. The highest BCUT2D eigenvalue weighted by atomic mass is 16.5. The van der Waals surface area contributed by atoms with Crippen molar-refractivity contribution in [2.24, 2.45) is 4.99 Å². The smallest absolute Gasteiger partial charge is 0.191 e. The third kappa shape index (κ3) is 6.46. The molecule has 2 heterocycles. The Morgan fingerprint density at radius 1 is 1.26 bits per heavy atom. The molecule has 2 atom stereocenters. The van der Waals surface area contributed by atoms with Gasteiger partial charge in [-0.2, -0.15) is 0 Å². The van der Waals surface area contributed by atoms with Gasteiger partial charge in [0.15, 0.2) is 5.96 Å². The van der Waals surface area contributed by atoms with Crippen LogP contribution in [0.1, 0.15) is 47.4 Å². The van der Waals surface area contributed by atoms with E-state index in [4.69, 9.17) is 9.73 Å². The maximum Gasteiger partial charge on any atom is 0.191 e. The van der Waals surface area contributed by atoms with Crippen LogP contribution in [-0.2, 0) is 17.7 Å². The van der Waals surface area contributed by atoms with Gasteiger partial charge in [0, 0.05) is 44.7 Å². The van der Waals surface area contributed by atoms with Crippen LogP contribution in [-0.4, -0.2) is 76.1 Å². The second kappa shape index (κ2) is 10.0. The highest BCUT2D eigenvalue weighted by Gasteiger charge is 2.33. The summed E-state index contributed by atoms with van der Waals surface area (Å²) >= 11 is 0. The molecule has 154 valence electrons. The zero-order valence-electron chi connectivity index (χ0n) is 17.8. The molecule has 0 aliphatic carbocycles. The normalized spacial score (nSPS) is 22.1. The van der Waals surface area contributed by atoms with Crippen molar-refractivity contribution in [1.82, 2.24) is 30.3 Å². The Kier molecular flexibility index (Phi) is 8.04. The van der Waals surface area contributed by atoms with E-state index in [9.17, 15) is 0 Å². The second-order valence-corrected chi connectivity index (χ2v) is 7.89. The quantitative estimate of drug-likeness (QED) is 0.523. The summed E-state index contributed by atoms with van der Waals surface area (Å²) in [5.41, 5.74) is -0.0156. The number of hydrogen-bond donors (Lipinski definition) is 2. The molecule has 2 rings (SSSR count). The fourth-order valence-electron chi connectivity index (χ4n) is 3.42. The lowest BCUT2D eigenvalue weighted by Gasteiger charge is -2.44. The van der Waals surface area contributed by atoms with Crippen LogP contribution in [0.3, 0.4) is 0 Å². The number of nitrogens with one attached hydrogen (secondary N) is 2. The lowest BCUT2D eigenvalue weighted by molar-refractivity contribution is -0.0939. The SMILES string of the molecule is CCNC(=NCC(C)(C)N1CC(C)OC(C)C1)NCCn1cnnc1CC. The van der Waals surface area contributed by atoms with E-state index in [1.807, 2.05) is 0 Å². The van der Waals surface area contributed by atoms with Crippen molar-refractivity contribution in [3.8, 4) is 0 Å². The van der Waals surface area contributed by atoms with E-state index < -0.39 is 0 Å². The summed E-state index contributed by atoms with van der Waals surface area (Å²) in [6, 6.07) is 0. The first-order chi connectivity index (χ1) is 12.9. The molecule has 0 spiro atoms. The maximum atomic E-state index is 5.87. The van der Waals surface area contributed by atoms with Gasteiger partial charge in [-0.3, -0.25) is 9.89 Å². The standard InChI is InChI=1S/C19H37N7O/c1-7-17-24-23-14-25(17)10-9-21-18(20-8-2)22-13-19(5,6)26-11-15(3)27-16(4)12-26/h14-16H,7-13H2,1-6H3,(H2,20,21,22). The van der Waals surface area contributed by atoms with Crippen LogP contribution in [0.5, 0.6) is 0 Å². The number of ether oxygens (including phenoxy) is 1. The fraction of sp³-hybridized carbons (Fsp3) is 0.842. The molecule has 0 amide bonds. The van der Waals surface area contributed by atoms with Crippen LogP contribution in [0.15, 0.2) is 11.3 Å². The van der Waals surface area contributed by atoms with E-state index in [2.05, 4.69) is 71.8 Å². The molecule has 0 radical (unpaired) electrons. The number of nitrogens with zero attached hydrogens (tertiary/aromatic N) is 5. The zero-order valence-corrected chi connectivity index (χ0v) is 17.8. The van der Waals surface area contributed by atoms with Gasteiger partial charge in [0.05, 0.1) is 18.8 Å². The molecule has 1 saturated heterocycles. The topological polar surface area (TPSA) is 79.6 Å².